The minimum atomic E-state index is 0.0625. The van der Waals surface area contributed by atoms with Crippen molar-refractivity contribution in [3.8, 4) is 0 Å². The van der Waals surface area contributed by atoms with Crippen LogP contribution in [0.4, 0.5) is 0 Å². The van der Waals surface area contributed by atoms with Gasteiger partial charge in [-0.3, -0.25) is 0 Å². The van der Waals surface area contributed by atoms with E-state index in [0.717, 1.165) is 0 Å². The summed E-state index contributed by atoms with van der Waals surface area (Å²) in [5.41, 5.74) is 11.8. The van der Waals surface area contributed by atoms with Crippen LogP contribution in [0.5, 0.6) is 0 Å². The standard InChI is InChI=1S/2C7H7ClN2O/c2*8-6-3-1-2-5(4-6)7(9)10-11/h2*1-4,11H,(H2,9,10). The van der Waals surface area contributed by atoms with Gasteiger partial charge in [0.25, 0.3) is 0 Å². The second kappa shape index (κ2) is 8.76. The first-order valence-corrected chi connectivity index (χ1v) is 6.70. The summed E-state index contributed by atoms with van der Waals surface area (Å²) in [7, 11) is 0. The lowest BCUT2D eigenvalue weighted by Crippen LogP contribution is -2.12. The number of nitrogens with zero attached hydrogens (tertiary/aromatic N) is 2. The molecular weight excluding hydrogens is 327 g/mol. The Morgan fingerprint density at radius 3 is 1.41 bits per heavy atom. The molecule has 2 rings (SSSR count). The predicted molar refractivity (Wildman–Crippen MR) is 87.9 cm³/mol. The van der Waals surface area contributed by atoms with E-state index in [9.17, 15) is 0 Å². The summed E-state index contributed by atoms with van der Waals surface area (Å²) >= 11 is 11.3. The Kier molecular flexibility index (Phi) is 7.01. The van der Waals surface area contributed by atoms with E-state index < -0.39 is 0 Å². The van der Waals surface area contributed by atoms with Crippen LogP contribution in [0, 0.1) is 0 Å². The first kappa shape index (κ1) is 17.6. The molecule has 0 saturated carbocycles. The van der Waals surface area contributed by atoms with Crippen LogP contribution in [-0.2, 0) is 0 Å². The lowest BCUT2D eigenvalue weighted by atomic mass is 10.2. The van der Waals surface area contributed by atoms with Crippen molar-refractivity contribution in [2.45, 2.75) is 0 Å². The average molecular weight is 341 g/mol. The number of halogens is 2. The van der Waals surface area contributed by atoms with Gasteiger partial charge in [0, 0.05) is 21.2 Å². The zero-order valence-electron chi connectivity index (χ0n) is 11.3. The fourth-order valence-electron chi connectivity index (χ4n) is 1.41. The smallest absolute Gasteiger partial charge is 0.170 e. The highest BCUT2D eigenvalue weighted by Crippen LogP contribution is 2.10. The molecule has 0 spiro atoms. The lowest BCUT2D eigenvalue weighted by molar-refractivity contribution is 0.318. The molecule has 116 valence electrons. The van der Waals surface area contributed by atoms with Crippen LogP contribution in [0.25, 0.3) is 0 Å². The predicted octanol–water partition coefficient (Wildman–Crippen LogP) is 2.87. The second-order valence-corrected chi connectivity index (χ2v) is 4.86. The molecule has 0 heterocycles. The van der Waals surface area contributed by atoms with E-state index in [1.807, 2.05) is 0 Å². The van der Waals surface area contributed by atoms with Crippen molar-refractivity contribution in [2.24, 2.45) is 21.8 Å². The average Bonchev–Trinajstić information content (AvgIpc) is 2.54. The monoisotopic (exact) mass is 340 g/mol. The maximum absolute atomic E-state index is 8.30. The van der Waals surface area contributed by atoms with Gasteiger partial charge in [-0.1, -0.05) is 57.8 Å². The SMILES string of the molecule is N/C(=N\O)c1cccc(Cl)c1.N/C(=N\O)c1cccc(Cl)c1. The highest BCUT2D eigenvalue weighted by Gasteiger charge is 1.98. The third kappa shape index (κ3) is 5.51. The van der Waals surface area contributed by atoms with E-state index in [2.05, 4.69) is 10.3 Å². The third-order valence-electron chi connectivity index (χ3n) is 2.46. The van der Waals surface area contributed by atoms with Crippen molar-refractivity contribution in [3.05, 3.63) is 69.7 Å². The van der Waals surface area contributed by atoms with Crippen molar-refractivity contribution < 1.29 is 10.4 Å². The molecule has 22 heavy (non-hydrogen) atoms. The Labute approximate surface area is 137 Å². The number of rotatable bonds is 2. The van der Waals surface area contributed by atoms with Gasteiger partial charge in [-0.2, -0.15) is 0 Å². The van der Waals surface area contributed by atoms with Crippen molar-refractivity contribution in [1.82, 2.24) is 0 Å². The van der Waals surface area contributed by atoms with Crippen molar-refractivity contribution >= 4 is 34.9 Å². The quantitative estimate of drug-likeness (QED) is 0.291. The molecular formula is C14H14Cl2N4O2. The molecule has 0 fully saturated rings. The number of benzene rings is 2. The van der Waals surface area contributed by atoms with Crippen molar-refractivity contribution in [3.63, 3.8) is 0 Å². The second-order valence-electron chi connectivity index (χ2n) is 3.99. The first-order valence-electron chi connectivity index (χ1n) is 5.95. The van der Waals surface area contributed by atoms with E-state index in [0.29, 0.717) is 21.2 Å². The van der Waals surface area contributed by atoms with Crippen LogP contribution >= 0.6 is 23.2 Å². The fraction of sp³-hybridized carbons (Fsp3) is 0. The minimum absolute atomic E-state index is 0.0625. The Morgan fingerprint density at radius 2 is 1.14 bits per heavy atom. The van der Waals surface area contributed by atoms with E-state index in [1.165, 1.54) is 0 Å². The molecule has 0 atom stereocenters. The van der Waals surface area contributed by atoms with E-state index in [1.54, 1.807) is 48.5 Å². The molecule has 0 aliphatic heterocycles. The van der Waals surface area contributed by atoms with Crippen LogP contribution in [0.15, 0.2) is 58.8 Å². The van der Waals surface area contributed by atoms with Crippen LogP contribution < -0.4 is 11.5 Å². The summed E-state index contributed by atoms with van der Waals surface area (Å²) in [5.74, 6) is 0.125. The number of hydrogen-bond acceptors (Lipinski definition) is 4. The Bertz CT molecular complexity index is 631. The van der Waals surface area contributed by atoms with E-state index in [4.69, 9.17) is 45.1 Å². The van der Waals surface area contributed by atoms with Crippen LogP contribution in [0.1, 0.15) is 11.1 Å². The highest BCUT2D eigenvalue weighted by molar-refractivity contribution is 6.31. The zero-order chi connectivity index (χ0) is 16.5. The van der Waals surface area contributed by atoms with Gasteiger partial charge in [-0.05, 0) is 24.3 Å². The molecule has 6 nitrogen and oxygen atoms in total. The van der Waals surface area contributed by atoms with E-state index >= 15 is 0 Å². The number of amidine groups is 2. The van der Waals surface area contributed by atoms with Crippen LogP contribution in [-0.4, -0.2) is 22.1 Å². The highest BCUT2D eigenvalue weighted by atomic mass is 35.5. The van der Waals surface area contributed by atoms with Crippen LogP contribution in [0.3, 0.4) is 0 Å². The number of oxime groups is 2. The van der Waals surface area contributed by atoms with Gasteiger partial charge in [-0.15, -0.1) is 0 Å². The molecule has 2 aromatic carbocycles. The first-order chi connectivity index (χ1) is 10.5. The normalized spacial score (nSPS) is 11.5. The summed E-state index contributed by atoms with van der Waals surface area (Å²) in [4.78, 5) is 0. The van der Waals surface area contributed by atoms with Gasteiger partial charge < -0.3 is 21.9 Å². The van der Waals surface area contributed by atoms with Gasteiger partial charge in [0.2, 0.25) is 0 Å². The molecule has 0 amide bonds. The minimum Gasteiger partial charge on any atom is -0.409 e. The molecule has 2 aromatic rings. The Balaban J connectivity index is 0.000000220. The van der Waals surface area contributed by atoms with Gasteiger partial charge in [0.1, 0.15) is 0 Å². The molecule has 0 bridgehead atoms. The molecule has 0 radical (unpaired) electrons. The Morgan fingerprint density at radius 1 is 0.773 bits per heavy atom. The topological polar surface area (TPSA) is 117 Å². The summed E-state index contributed by atoms with van der Waals surface area (Å²) < 4.78 is 0. The summed E-state index contributed by atoms with van der Waals surface area (Å²) in [5, 5.41) is 23.4. The van der Waals surface area contributed by atoms with Crippen LogP contribution in [0.2, 0.25) is 10.0 Å². The third-order valence-corrected chi connectivity index (χ3v) is 2.93. The van der Waals surface area contributed by atoms with Gasteiger partial charge in [0.05, 0.1) is 0 Å². The van der Waals surface area contributed by atoms with Crippen molar-refractivity contribution in [2.75, 3.05) is 0 Å². The van der Waals surface area contributed by atoms with E-state index in [-0.39, 0.29) is 11.7 Å². The summed E-state index contributed by atoms with van der Waals surface area (Å²) in [6.45, 7) is 0. The fourth-order valence-corrected chi connectivity index (χ4v) is 1.79. The number of nitrogens with two attached hydrogens (primary N) is 2. The largest absolute Gasteiger partial charge is 0.409 e. The molecule has 0 aliphatic rings. The molecule has 0 saturated heterocycles. The zero-order valence-corrected chi connectivity index (χ0v) is 12.8. The maximum atomic E-state index is 8.30. The van der Waals surface area contributed by atoms with Crippen molar-refractivity contribution in [1.29, 1.82) is 0 Å². The summed E-state index contributed by atoms with van der Waals surface area (Å²) in [6, 6.07) is 13.6. The number of hydrogen-bond donors (Lipinski definition) is 4. The van der Waals surface area contributed by atoms with Gasteiger partial charge in [0.15, 0.2) is 11.7 Å². The molecule has 8 heteroatoms. The van der Waals surface area contributed by atoms with Gasteiger partial charge in [-0.25, -0.2) is 0 Å². The summed E-state index contributed by atoms with van der Waals surface area (Å²) in [6.07, 6.45) is 0. The van der Waals surface area contributed by atoms with Gasteiger partial charge >= 0.3 is 0 Å². The Hall–Kier alpha value is -2.44. The molecule has 0 aliphatic carbocycles. The molecule has 0 unspecified atom stereocenters. The molecule has 6 N–H and O–H groups in total. The lowest BCUT2D eigenvalue weighted by Gasteiger charge is -1.96. The maximum Gasteiger partial charge on any atom is 0.170 e. The molecule has 0 aromatic heterocycles.